The Morgan fingerprint density at radius 2 is 1.73 bits per heavy atom. The maximum absolute atomic E-state index is 3.55. The average molecular weight is 211 g/mol. The van der Waals surface area contributed by atoms with Crippen LogP contribution in [0.5, 0.6) is 0 Å². The van der Waals surface area contributed by atoms with Gasteiger partial charge in [0.2, 0.25) is 0 Å². The van der Waals surface area contributed by atoms with Gasteiger partial charge in [0.25, 0.3) is 0 Å². The van der Waals surface area contributed by atoms with Crippen molar-refractivity contribution >= 4 is 0 Å². The quantitative estimate of drug-likeness (QED) is 0.655. The summed E-state index contributed by atoms with van der Waals surface area (Å²) in [6, 6.07) is 0. The first-order valence-electron chi connectivity index (χ1n) is 7.09. The third kappa shape index (κ3) is 5.01. The first-order chi connectivity index (χ1) is 7.38. The maximum atomic E-state index is 3.55. The Morgan fingerprint density at radius 1 is 1.00 bits per heavy atom. The highest BCUT2D eigenvalue weighted by Gasteiger charge is 2.22. The van der Waals surface area contributed by atoms with Gasteiger partial charge in [-0.3, -0.25) is 0 Å². The molecule has 0 spiro atoms. The van der Waals surface area contributed by atoms with Crippen LogP contribution in [0.3, 0.4) is 0 Å². The fraction of sp³-hybridized carbons (Fsp3) is 1.00. The van der Waals surface area contributed by atoms with Crippen LogP contribution < -0.4 is 5.32 Å². The number of hydrogen-bond acceptors (Lipinski definition) is 1. The smallest absolute Gasteiger partial charge is 0.00180 e. The summed E-state index contributed by atoms with van der Waals surface area (Å²) in [5.41, 5.74) is 0. The van der Waals surface area contributed by atoms with Crippen molar-refractivity contribution in [3.05, 3.63) is 0 Å². The van der Waals surface area contributed by atoms with E-state index >= 15 is 0 Å². The van der Waals surface area contributed by atoms with Crippen molar-refractivity contribution in [3.8, 4) is 0 Å². The van der Waals surface area contributed by atoms with Crippen LogP contribution in [0.25, 0.3) is 0 Å². The molecule has 0 bridgehead atoms. The molecule has 0 radical (unpaired) electrons. The number of rotatable bonds is 6. The molecule has 2 atom stereocenters. The summed E-state index contributed by atoms with van der Waals surface area (Å²) >= 11 is 0. The van der Waals surface area contributed by atoms with E-state index in [1.165, 1.54) is 57.9 Å². The fourth-order valence-corrected chi connectivity index (χ4v) is 2.91. The Bertz CT molecular complexity index is 128. The third-order valence-corrected chi connectivity index (χ3v) is 3.90. The topological polar surface area (TPSA) is 12.0 Å². The summed E-state index contributed by atoms with van der Waals surface area (Å²) in [7, 11) is 0. The van der Waals surface area contributed by atoms with Crippen molar-refractivity contribution in [1.29, 1.82) is 0 Å². The van der Waals surface area contributed by atoms with Crippen LogP contribution in [0.15, 0.2) is 0 Å². The number of unbranched alkanes of at least 4 members (excludes halogenated alkanes) is 1. The van der Waals surface area contributed by atoms with Crippen LogP contribution in [-0.2, 0) is 0 Å². The van der Waals surface area contributed by atoms with Gasteiger partial charge in [0, 0.05) is 0 Å². The zero-order chi connectivity index (χ0) is 10.9. The normalized spacial score (nSPS) is 27.6. The van der Waals surface area contributed by atoms with Gasteiger partial charge in [-0.2, -0.15) is 0 Å². The molecule has 0 aromatic rings. The van der Waals surface area contributed by atoms with Crippen molar-refractivity contribution in [2.45, 2.75) is 65.2 Å². The van der Waals surface area contributed by atoms with E-state index in [1.54, 1.807) is 0 Å². The first kappa shape index (κ1) is 13.0. The van der Waals surface area contributed by atoms with E-state index in [9.17, 15) is 0 Å². The minimum Gasteiger partial charge on any atom is -0.317 e. The summed E-state index contributed by atoms with van der Waals surface area (Å²) in [6.45, 7) is 6.94. The summed E-state index contributed by atoms with van der Waals surface area (Å²) in [4.78, 5) is 0. The van der Waals surface area contributed by atoms with Crippen LogP contribution in [0.2, 0.25) is 0 Å². The molecule has 1 fully saturated rings. The van der Waals surface area contributed by atoms with Gasteiger partial charge in [-0.25, -0.2) is 0 Å². The molecule has 1 N–H and O–H groups in total. The van der Waals surface area contributed by atoms with Gasteiger partial charge in [-0.1, -0.05) is 58.8 Å². The van der Waals surface area contributed by atoms with Crippen molar-refractivity contribution < 1.29 is 0 Å². The summed E-state index contributed by atoms with van der Waals surface area (Å²) < 4.78 is 0. The predicted octanol–water partition coefficient (Wildman–Crippen LogP) is 3.98. The van der Waals surface area contributed by atoms with Crippen LogP contribution in [0.1, 0.15) is 65.2 Å². The van der Waals surface area contributed by atoms with Gasteiger partial charge < -0.3 is 5.32 Å². The Labute approximate surface area is 96.0 Å². The number of hydrogen-bond donors (Lipinski definition) is 1. The Morgan fingerprint density at radius 3 is 2.40 bits per heavy atom. The van der Waals surface area contributed by atoms with Crippen molar-refractivity contribution in [2.24, 2.45) is 11.8 Å². The van der Waals surface area contributed by atoms with E-state index in [2.05, 4.69) is 19.2 Å². The minimum atomic E-state index is 0.971. The van der Waals surface area contributed by atoms with Gasteiger partial charge in [0.05, 0.1) is 0 Å². The average Bonchev–Trinajstić information content (AvgIpc) is 2.48. The summed E-state index contributed by atoms with van der Waals surface area (Å²) in [5, 5.41) is 3.55. The first-order valence-corrected chi connectivity index (χ1v) is 7.09. The molecular formula is C14H29N. The molecule has 0 aromatic carbocycles. The number of nitrogens with one attached hydrogen (secondary N) is 1. The van der Waals surface area contributed by atoms with Crippen LogP contribution in [0.4, 0.5) is 0 Å². The highest BCUT2D eigenvalue weighted by atomic mass is 14.8. The van der Waals surface area contributed by atoms with E-state index in [1.807, 2.05) is 0 Å². The van der Waals surface area contributed by atoms with Crippen LogP contribution in [0, 0.1) is 11.8 Å². The van der Waals surface area contributed by atoms with Crippen molar-refractivity contribution in [3.63, 3.8) is 0 Å². The molecular weight excluding hydrogens is 182 g/mol. The highest BCUT2D eigenvalue weighted by molar-refractivity contribution is 4.75. The zero-order valence-electron chi connectivity index (χ0n) is 10.7. The molecule has 0 heterocycles. The Kier molecular flexibility index (Phi) is 7.08. The van der Waals surface area contributed by atoms with Crippen LogP contribution >= 0.6 is 0 Å². The van der Waals surface area contributed by atoms with Gasteiger partial charge in [0.1, 0.15) is 0 Å². The Hall–Kier alpha value is -0.0400. The van der Waals surface area contributed by atoms with Crippen molar-refractivity contribution in [1.82, 2.24) is 5.32 Å². The van der Waals surface area contributed by atoms with E-state index in [4.69, 9.17) is 0 Å². The van der Waals surface area contributed by atoms with E-state index in [0.717, 1.165) is 18.4 Å². The SMILES string of the molecule is CCCCC1CCCCCC1CNCC. The predicted molar refractivity (Wildman–Crippen MR) is 68.1 cm³/mol. The molecule has 1 saturated carbocycles. The fourth-order valence-electron chi connectivity index (χ4n) is 2.91. The van der Waals surface area contributed by atoms with Gasteiger partial charge in [0.15, 0.2) is 0 Å². The molecule has 1 heteroatoms. The maximum Gasteiger partial charge on any atom is -0.00180 e. The molecule has 0 saturated heterocycles. The lowest BCUT2D eigenvalue weighted by Crippen LogP contribution is -2.27. The zero-order valence-corrected chi connectivity index (χ0v) is 10.7. The monoisotopic (exact) mass is 211 g/mol. The standard InChI is InChI=1S/C14H29N/c1-3-5-9-13-10-7-6-8-11-14(13)12-15-4-2/h13-15H,3-12H2,1-2H3. The van der Waals surface area contributed by atoms with Gasteiger partial charge in [-0.15, -0.1) is 0 Å². The molecule has 1 aliphatic carbocycles. The van der Waals surface area contributed by atoms with E-state index < -0.39 is 0 Å². The molecule has 1 rings (SSSR count). The second-order valence-electron chi connectivity index (χ2n) is 5.11. The van der Waals surface area contributed by atoms with Gasteiger partial charge in [-0.05, 0) is 31.3 Å². The van der Waals surface area contributed by atoms with Crippen molar-refractivity contribution in [2.75, 3.05) is 13.1 Å². The molecule has 1 aliphatic rings. The second-order valence-corrected chi connectivity index (χ2v) is 5.11. The molecule has 90 valence electrons. The van der Waals surface area contributed by atoms with Crippen LogP contribution in [-0.4, -0.2) is 13.1 Å². The summed E-state index contributed by atoms with van der Waals surface area (Å²) in [5.74, 6) is 1.99. The lowest BCUT2D eigenvalue weighted by molar-refractivity contribution is 0.279. The molecule has 2 unspecified atom stereocenters. The second kappa shape index (κ2) is 8.15. The highest BCUT2D eigenvalue weighted by Crippen LogP contribution is 2.31. The molecule has 15 heavy (non-hydrogen) atoms. The molecule has 0 aromatic heterocycles. The lowest BCUT2D eigenvalue weighted by atomic mass is 9.84. The molecule has 1 nitrogen and oxygen atoms in total. The third-order valence-electron chi connectivity index (χ3n) is 3.90. The molecule has 0 aliphatic heterocycles. The lowest BCUT2D eigenvalue weighted by Gasteiger charge is -2.25. The largest absolute Gasteiger partial charge is 0.317 e. The minimum absolute atomic E-state index is 0.971. The van der Waals surface area contributed by atoms with E-state index in [0.29, 0.717) is 0 Å². The Balaban J connectivity index is 2.35. The summed E-state index contributed by atoms with van der Waals surface area (Å²) in [6.07, 6.45) is 11.7. The van der Waals surface area contributed by atoms with E-state index in [-0.39, 0.29) is 0 Å². The molecule has 0 amide bonds. The van der Waals surface area contributed by atoms with Gasteiger partial charge >= 0.3 is 0 Å².